The van der Waals surface area contributed by atoms with Crippen molar-refractivity contribution in [3.63, 3.8) is 0 Å². The summed E-state index contributed by atoms with van der Waals surface area (Å²) in [6, 6.07) is 0. The maximum Gasteiger partial charge on any atom is 0.309 e. The molecule has 1 N–H and O–H groups in total. The molecule has 98 valence electrons. The van der Waals surface area contributed by atoms with Crippen molar-refractivity contribution < 1.29 is 18.3 Å². The summed E-state index contributed by atoms with van der Waals surface area (Å²) in [6.07, 6.45) is 5.14. The monoisotopic (exact) mass is 261 g/mol. The number of piperidine rings is 1. The Morgan fingerprint density at radius 2 is 2.12 bits per heavy atom. The summed E-state index contributed by atoms with van der Waals surface area (Å²) in [4.78, 5) is 11.1. The van der Waals surface area contributed by atoms with Crippen LogP contribution in [0, 0.1) is 11.3 Å². The molecule has 1 saturated heterocycles. The summed E-state index contributed by atoms with van der Waals surface area (Å²) in [7, 11) is -3.13. The van der Waals surface area contributed by atoms with Gasteiger partial charge >= 0.3 is 5.97 Å². The lowest BCUT2D eigenvalue weighted by Crippen LogP contribution is -2.40. The van der Waals surface area contributed by atoms with Crippen molar-refractivity contribution in [1.29, 1.82) is 0 Å². The Balaban J connectivity index is 1.97. The Hall–Kier alpha value is -0.620. The van der Waals surface area contributed by atoms with E-state index in [0.717, 1.165) is 25.7 Å². The summed E-state index contributed by atoms with van der Waals surface area (Å²) in [6.45, 7) is 1.07. The van der Waals surface area contributed by atoms with Gasteiger partial charge < -0.3 is 5.11 Å². The summed E-state index contributed by atoms with van der Waals surface area (Å²) < 4.78 is 24.4. The van der Waals surface area contributed by atoms with Gasteiger partial charge in [-0.25, -0.2) is 12.7 Å². The van der Waals surface area contributed by atoms with Crippen molar-refractivity contribution in [2.24, 2.45) is 11.3 Å². The fourth-order valence-electron chi connectivity index (χ4n) is 2.70. The highest BCUT2D eigenvalue weighted by Crippen LogP contribution is 2.51. The maximum absolute atomic E-state index is 11.5. The molecule has 1 aliphatic carbocycles. The van der Waals surface area contributed by atoms with Crippen molar-refractivity contribution >= 4 is 16.0 Å². The first-order chi connectivity index (χ1) is 7.83. The minimum Gasteiger partial charge on any atom is -0.481 e. The second-order valence-corrected chi connectivity index (χ2v) is 7.40. The number of hydrogen-bond donors (Lipinski definition) is 1. The largest absolute Gasteiger partial charge is 0.481 e. The number of carboxylic acid groups (broad SMARTS) is 1. The lowest BCUT2D eigenvalue weighted by molar-refractivity contribution is -0.144. The predicted molar refractivity (Wildman–Crippen MR) is 63.1 cm³/mol. The van der Waals surface area contributed by atoms with E-state index in [1.807, 2.05) is 0 Å². The SMILES string of the molecule is CS(=O)(=O)N1CCCC(CC2(C(=O)O)CC2)C1. The molecule has 1 saturated carbocycles. The molecular weight excluding hydrogens is 242 g/mol. The Bertz CT molecular complexity index is 413. The van der Waals surface area contributed by atoms with Crippen LogP contribution >= 0.6 is 0 Å². The summed E-state index contributed by atoms with van der Waals surface area (Å²) in [5, 5.41) is 9.13. The molecule has 0 spiro atoms. The predicted octanol–water partition coefficient (Wildman–Crippen LogP) is 0.913. The van der Waals surface area contributed by atoms with E-state index in [2.05, 4.69) is 0 Å². The molecule has 0 bridgehead atoms. The first kappa shape index (κ1) is 12.8. The fraction of sp³-hybridized carbons (Fsp3) is 0.909. The molecule has 1 aliphatic heterocycles. The topological polar surface area (TPSA) is 74.7 Å². The normalized spacial score (nSPS) is 28.9. The van der Waals surface area contributed by atoms with Gasteiger partial charge in [-0.2, -0.15) is 0 Å². The fourth-order valence-corrected chi connectivity index (χ4v) is 3.65. The number of sulfonamides is 1. The van der Waals surface area contributed by atoms with Crippen LogP contribution in [0.2, 0.25) is 0 Å². The van der Waals surface area contributed by atoms with Crippen molar-refractivity contribution in [3.8, 4) is 0 Å². The van der Waals surface area contributed by atoms with Crippen LogP contribution in [-0.2, 0) is 14.8 Å². The van der Waals surface area contributed by atoms with Gasteiger partial charge in [0.05, 0.1) is 11.7 Å². The van der Waals surface area contributed by atoms with Gasteiger partial charge in [-0.15, -0.1) is 0 Å². The van der Waals surface area contributed by atoms with Gasteiger partial charge in [-0.3, -0.25) is 4.79 Å². The number of hydrogen-bond acceptors (Lipinski definition) is 3. The van der Waals surface area contributed by atoms with Gasteiger partial charge in [0, 0.05) is 13.1 Å². The molecule has 0 aromatic carbocycles. The minimum atomic E-state index is -3.13. The highest BCUT2D eigenvalue weighted by molar-refractivity contribution is 7.88. The Morgan fingerprint density at radius 3 is 2.59 bits per heavy atom. The molecule has 0 aromatic rings. The van der Waals surface area contributed by atoms with E-state index in [0.29, 0.717) is 19.5 Å². The van der Waals surface area contributed by atoms with Gasteiger partial charge in [0.15, 0.2) is 0 Å². The zero-order valence-corrected chi connectivity index (χ0v) is 10.9. The molecule has 1 heterocycles. The molecule has 6 heteroatoms. The molecule has 17 heavy (non-hydrogen) atoms. The molecule has 2 aliphatic rings. The van der Waals surface area contributed by atoms with Crippen LogP contribution in [0.3, 0.4) is 0 Å². The third-order valence-corrected chi connectivity index (χ3v) is 5.21. The molecule has 5 nitrogen and oxygen atoms in total. The first-order valence-electron chi connectivity index (χ1n) is 6.02. The molecule has 0 amide bonds. The van der Waals surface area contributed by atoms with E-state index >= 15 is 0 Å². The number of carbonyl (C=O) groups is 1. The van der Waals surface area contributed by atoms with Crippen LogP contribution in [0.5, 0.6) is 0 Å². The van der Waals surface area contributed by atoms with Crippen molar-refractivity contribution in [3.05, 3.63) is 0 Å². The molecular formula is C11H19NO4S. The van der Waals surface area contributed by atoms with Crippen LogP contribution in [0.15, 0.2) is 0 Å². The van der Waals surface area contributed by atoms with Crippen LogP contribution < -0.4 is 0 Å². The highest BCUT2D eigenvalue weighted by atomic mass is 32.2. The van der Waals surface area contributed by atoms with Gasteiger partial charge in [0.25, 0.3) is 0 Å². The molecule has 1 unspecified atom stereocenters. The van der Waals surface area contributed by atoms with Gasteiger partial charge in [0.1, 0.15) is 0 Å². The molecule has 0 radical (unpaired) electrons. The molecule has 2 rings (SSSR count). The zero-order chi connectivity index (χ0) is 12.7. The van der Waals surface area contributed by atoms with Crippen LogP contribution in [0.1, 0.15) is 32.1 Å². The second kappa shape index (κ2) is 4.24. The highest BCUT2D eigenvalue weighted by Gasteiger charge is 2.51. The molecule has 2 fully saturated rings. The zero-order valence-electron chi connectivity index (χ0n) is 10.1. The summed E-state index contributed by atoms with van der Waals surface area (Å²) in [5.74, 6) is -0.508. The number of rotatable bonds is 4. The Kier molecular flexibility index (Phi) is 3.20. The Morgan fingerprint density at radius 1 is 1.47 bits per heavy atom. The van der Waals surface area contributed by atoms with Gasteiger partial charge in [-0.05, 0) is 38.0 Å². The average molecular weight is 261 g/mol. The number of carboxylic acids is 1. The lowest BCUT2D eigenvalue weighted by Gasteiger charge is -2.32. The van der Waals surface area contributed by atoms with E-state index in [9.17, 15) is 13.2 Å². The van der Waals surface area contributed by atoms with Crippen molar-refractivity contribution in [2.45, 2.75) is 32.1 Å². The summed E-state index contributed by atoms with van der Waals surface area (Å²) >= 11 is 0. The van der Waals surface area contributed by atoms with E-state index < -0.39 is 21.4 Å². The molecule has 1 atom stereocenters. The quantitative estimate of drug-likeness (QED) is 0.816. The third kappa shape index (κ3) is 2.80. The van der Waals surface area contributed by atoms with Crippen LogP contribution in [0.4, 0.5) is 0 Å². The average Bonchev–Trinajstić information content (AvgIpc) is 2.98. The lowest BCUT2D eigenvalue weighted by atomic mass is 9.87. The van der Waals surface area contributed by atoms with Crippen molar-refractivity contribution in [2.75, 3.05) is 19.3 Å². The van der Waals surface area contributed by atoms with Crippen molar-refractivity contribution in [1.82, 2.24) is 4.31 Å². The third-order valence-electron chi connectivity index (χ3n) is 3.94. The van der Waals surface area contributed by atoms with E-state index in [1.165, 1.54) is 10.6 Å². The minimum absolute atomic E-state index is 0.206. The van der Waals surface area contributed by atoms with Crippen LogP contribution in [0.25, 0.3) is 0 Å². The summed E-state index contributed by atoms with van der Waals surface area (Å²) in [5.41, 5.74) is -0.537. The first-order valence-corrected chi connectivity index (χ1v) is 7.87. The number of aliphatic carboxylic acids is 1. The standard InChI is InChI=1S/C11H19NO4S/c1-17(15,16)12-6-2-3-9(8-12)7-11(4-5-11)10(13)14/h9H,2-8H2,1H3,(H,13,14). The second-order valence-electron chi connectivity index (χ2n) is 5.42. The number of nitrogens with zero attached hydrogens (tertiary/aromatic N) is 1. The smallest absolute Gasteiger partial charge is 0.309 e. The van der Waals surface area contributed by atoms with Gasteiger partial charge in [-0.1, -0.05) is 0 Å². The van der Waals surface area contributed by atoms with E-state index in [-0.39, 0.29) is 5.92 Å². The maximum atomic E-state index is 11.5. The van der Waals surface area contributed by atoms with E-state index in [4.69, 9.17) is 5.11 Å². The molecule has 0 aromatic heterocycles. The van der Waals surface area contributed by atoms with Crippen LogP contribution in [-0.4, -0.2) is 43.1 Å². The van der Waals surface area contributed by atoms with Gasteiger partial charge in [0.2, 0.25) is 10.0 Å². The van der Waals surface area contributed by atoms with E-state index in [1.54, 1.807) is 0 Å². The Labute approximate surface area is 102 Å².